The number of nitrogens with two attached hydrogens (primary N) is 1. The van der Waals surface area contributed by atoms with Crippen LogP contribution in [0.1, 0.15) is 77.0 Å². The van der Waals surface area contributed by atoms with Gasteiger partial charge in [-0.2, -0.15) is 12.6 Å². The van der Waals surface area contributed by atoms with Crippen LogP contribution in [0.25, 0.3) is 0 Å². The fourth-order valence-corrected chi connectivity index (χ4v) is 3.70. The Morgan fingerprint density at radius 3 is 1.57 bits per heavy atom. The van der Waals surface area contributed by atoms with Gasteiger partial charge in [0, 0.05) is 12.8 Å². The minimum Gasteiger partial charge on any atom is -1.00 e. The predicted octanol–water partition coefficient (Wildman–Crippen LogP) is 1.35. The lowest BCUT2D eigenvalue weighted by Crippen LogP contribution is -3.00. The van der Waals surface area contributed by atoms with E-state index in [9.17, 15) is 0 Å². The lowest BCUT2D eigenvalue weighted by atomic mass is 10.1. The maximum Gasteiger partial charge on any atom is 0.130 e. The molecule has 0 bridgehead atoms. The standard InChI is InChI=1S/C17H36N2S.BrH/c18-17-19(14-10-11-15-19)13-9-7-5-3-1-2-4-6-8-12-16-20;/h1-18H2;1H. The first kappa shape index (κ1) is 21.8. The lowest BCUT2D eigenvalue weighted by molar-refractivity contribution is -0.916. The van der Waals surface area contributed by atoms with Crippen LogP contribution in [-0.4, -0.2) is 36.5 Å². The number of quaternary nitrogens is 1. The van der Waals surface area contributed by atoms with Crippen LogP contribution >= 0.6 is 12.6 Å². The van der Waals surface area contributed by atoms with Crippen molar-refractivity contribution >= 4 is 12.6 Å². The molecule has 0 aromatic carbocycles. The van der Waals surface area contributed by atoms with Crippen molar-refractivity contribution in [3.8, 4) is 0 Å². The van der Waals surface area contributed by atoms with Gasteiger partial charge in [-0.05, 0) is 25.0 Å². The van der Waals surface area contributed by atoms with Crippen molar-refractivity contribution in [3.05, 3.63) is 0 Å². The van der Waals surface area contributed by atoms with Gasteiger partial charge in [-0.15, -0.1) is 0 Å². The summed E-state index contributed by atoms with van der Waals surface area (Å²) in [7, 11) is 0. The first-order valence-electron chi connectivity index (χ1n) is 8.99. The van der Waals surface area contributed by atoms with Crippen LogP contribution in [0, 0.1) is 0 Å². The summed E-state index contributed by atoms with van der Waals surface area (Å²) >= 11 is 4.25. The van der Waals surface area contributed by atoms with Gasteiger partial charge >= 0.3 is 0 Å². The predicted molar refractivity (Wildman–Crippen MR) is 93.2 cm³/mol. The molecule has 1 saturated heterocycles. The Kier molecular flexibility index (Phi) is 14.9. The van der Waals surface area contributed by atoms with Crippen LogP contribution < -0.4 is 22.7 Å². The van der Waals surface area contributed by atoms with Crippen LogP contribution in [0.3, 0.4) is 0 Å². The molecule has 1 fully saturated rings. The summed E-state index contributed by atoms with van der Waals surface area (Å²) in [5, 5.41) is 0. The van der Waals surface area contributed by atoms with E-state index in [1.54, 1.807) is 0 Å². The third-order valence-corrected chi connectivity index (χ3v) is 5.26. The van der Waals surface area contributed by atoms with Crippen LogP contribution in [0.15, 0.2) is 0 Å². The summed E-state index contributed by atoms with van der Waals surface area (Å²) in [6, 6.07) is 0. The number of hydrogen-bond donors (Lipinski definition) is 2. The monoisotopic (exact) mass is 380 g/mol. The first-order valence-corrected chi connectivity index (χ1v) is 9.62. The molecule has 1 aliphatic rings. The summed E-state index contributed by atoms with van der Waals surface area (Å²) in [6.07, 6.45) is 16.9. The van der Waals surface area contributed by atoms with E-state index in [4.69, 9.17) is 5.73 Å². The van der Waals surface area contributed by atoms with Gasteiger partial charge < -0.3 is 21.5 Å². The molecule has 0 radical (unpaired) electrons. The quantitative estimate of drug-likeness (QED) is 0.281. The maximum absolute atomic E-state index is 5.97. The van der Waals surface area contributed by atoms with E-state index in [2.05, 4.69) is 12.6 Å². The number of rotatable bonds is 13. The largest absolute Gasteiger partial charge is 1.00 e. The van der Waals surface area contributed by atoms with E-state index >= 15 is 0 Å². The molecule has 0 spiro atoms. The molecular weight excluding hydrogens is 344 g/mol. The smallest absolute Gasteiger partial charge is 0.130 e. The van der Waals surface area contributed by atoms with E-state index in [-0.39, 0.29) is 17.0 Å². The van der Waals surface area contributed by atoms with Crippen molar-refractivity contribution in [2.24, 2.45) is 5.73 Å². The van der Waals surface area contributed by atoms with Crippen molar-refractivity contribution < 1.29 is 21.5 Å². The minimum atomic E-state index is 0. The summed E-state index contributed by atoms with van der Waals surface area (Å²) in [4.78, 5) is 0. The molecule has 0 unspecified atom stereocenters. The molecule has 2 nitrogen and oxygen atoms in total. The average Bonchev–Trinajstić information content (AvgIpc) is 2.94. The van der Waals surface area contributed by atoms with Crippen LogP contribution in [0.5, 0.6) is 0 Å². The molecule has 1 rings (SSSR count). The number of nitrogens with zero attached hydrogens (tertiary/aromatic N) is 1. The van der Waals surface area contributed by atoms with Gasteiger partial charge in [-0.1, -0.05) is 44.9 Å². The molecule has 1 aliphatic heterocycles. The Bertz CT molecular complexity index is 221. The second-order valence-electron chi connectivity index (χ2n) is 6.66. The van der Waals surface area contributed by atoms with Gasteiger partial charge in [-0.25, -0.2) is 0 Å². The second-order valence-corrected chi connectivity index (χ2v) is 7.11. The SMILES string of the molecule is NC[N+]1(CCCCCCCCCCCCS)CCCC1.[Br-]. The molecule has 1 heterocycles. The Hall–Kier alpha value is 0.750. The molecule has 0 aromatic heterocycles. The van der Waals surface area contributed by atoms with E-state index in [0.717, 1.165) is 12.4 Å². The van der Waals surface area contributed by atoms with E-state index in [1.165, 1.54) is 101 Å². The number of halogens is 1. The first-order chi connectivity index (χ1) is 9.83. The van der Waals surface area contributed by atoms with Gasteiger partial charge in [0.15, 0.2) is 0 Å². The van der Waals surface area contributed by atoms with E-state index < -0.39 is 0 Å². The van der Waals surface area contributed by atoms with Crippen molar-refractivity contribution in [2.45, 2.75) is 77.0 Å². The third-order valence-electron chi connectivity index (χ3n) is 4.94. The highest BCUT2D eigenvalue weighted by atomic mass is 79.9. The van der Waals surface area contributed by atoms with Crippen molar-refractivity contribution in [1.29, 1.82) is 0 Å². The fraction of sp³-hybridized carbons (Fsp3) is 1.00. The number of unbranched alkanes of at least 4 members (excludes halogenated alkanes) is 9. The highest BCUT2D eigenvalue weighted by molar-refractivity contribution is 7.80. The molecule has 2 N–H and O–H groups in total. The fourth-order valence-electron chi connectivity index (χ4n) is 3.48. The van der Waals surface area contributed by atoms with Crippen LogP contribution in [0.4, 0.5) is 0 Å². The molecule has 0 atom stereocenters. The highest BCUT2D eigenvalue weighted by Gasteiger charge is 2.29. The van der Waals surface area contributed by atoms with Crippen molar-refractivity contribution in [2.75, 3.05) is 32.1 Å². The zero-order chi connectivity index (χ0) is 14.5. The molecule has 0 amide bonds. The third kappa shape index (κ3) is 10.2. The number of hydrogen-bond acceptors (Lipinski definition) is 2. The van der Waals surface area contributed by atoms with Gasteiger partial charge in [0.05, 0.1) is 19.6 Å². The second kappa shape index (κ2) is 14.3. The Morgan fingerprint density at radius 1 is 0.714 bits per heavy atom. The van der Waals surface area contributed by atoms with E-state index in [1.807, 2.05) is 0 Å². The van der Waals surface area contributed by atoms with Crippen molar-refractivity contribution in [1.82, 2.24) is 0 Å². The van der Waals surface area contributed by atoms with Gasteiger partial charge in [0.2, 0.25) is 0 Å². The van der Waals surface area contributed by atoms with Crippen molar-refractivity contribution in [3.63, 3.8) is 0 Å². The van der Waals surface area contributed by atoms with Gasteiger partial charge in [-0.3, -0.25) is 5.73 Å². The molecule has 0 aliphatic carbocycles. The number of likely N-dealkylation sites (tertiary alicyclic amines) is 1. The highest BCUT2D eigenvalue weighted by Crippen LogP contribution is 2.19. The van der Waals surface area contributed by atoms with Crippen LogP contribution in [-0.2, 0) is 0 Å². The Balaban J connectivity index is 0.00000400. The molecule has 4 heteroatoms. The zero-order valence-electron chi connectivity index (χ0n) is 13.9. The normalized spacial score (nSPS) is 16.9. The maximum atomic E-state index is 5.97. The molecule has 0 aromatic rings. The molecular formula is C17H37BrN2S. The zero-order valence-corrected chi connectivity index (χ0v) is 16.4. The van der Waals surface area contributed by atoms with Crippen LogP contribution in [0.2, 0.25) is 0 Å². The molecule has 0 saturated carbocycles. The summed E-state index contributed by atoms with van der Waals surface area (Å²) in [5.74, 6) is 1.06. The molecule has 21 heavy (non-hydrogen) atoms. The average molecular weight is 381 g/mol. The Morgan fingerprint density at radius 2 is 1.14 bits per heavy atom. The number of thiol groups is 1. The minimum absolute atomic E-state index is 0. The molecule has 128 valence electrons. The summed E-state index contributed by atoms with van der Waals surface area (Å²) in [5.41, 5.74) is 5.97. The lowest BCUT2D eigenvalue weighted by Gasteiger charge is -2.32. The topological polar surface area (TPSA) is 26.0 Å². The summed E-state index contributed by atoms with van der Waals surface area (Å²) < 4.78 is 1.21. The Labute approximate surface area is 149 Å². The summed E-state index contributed by atoms with van der Waals surface area (Å²) in [6.45, 7) is 4.87. The van der Waals surface area contributed by atoms with E-state index in [0.29, 0.717) is 0 Å². The van der Waals surface area contributed by atoms with Gasteiger partial charge in [0.1, 0.15) is 6.67 Å². The van der Waals surface area contributed by atoms with Gasteiger partial charge in [0.25, 0.3) is 0 Å².